The van der Waals surface area contributed by atoms with Gasteiger partial charge in [-0.1, -0.05) is 0 Å². The summed E-state index contributed by atoms with van der Waals surface area (Å²) < 4.78 is 0. The van der Waals surface area contributed by atoms with E-state index in [0.29, 0.717) is 6.04 Å². The number of hydrogen-bond donors (Lipinski definition) is 1. The minimum atomic E-state index is 0.144. The van der Waals surface area contributed by atoms with Gasteiger partial charge in [0.15, 0.2) is 0 Å². The van der Waals surface area contributed by atoms with E-state index in [2.05, 4.69) is 16.9 Å². The molecule has 0 bridgehead atoms. The van der Waals surface area contributed by atoms with E-state index in [-0.39, 0.29) is 6.04 Å². The first-order valence-electron chi connectivity index (χ1n) is 6.44. The van der Waals surface area contributed by atoms with Gasteiger partial charge in [-0.05, 0) is 27.0 Å². The van der Waals surface area contributed by atoms with Crippen molar-refractivity contribution in [3.63, 3.8) is 0 Å². The van der Waals surface area contributed by atoms with Crippen LogP contribution in [0.1, 0.15) is 30.2 Å². The fourth-order valence-corrected chi connectivity index (χ4v) is 3.41. The number of aromatic nitrogens is 2. The topological polar surface area (TPSA) is 55.0 Å². The zero-order valence-corrected chi connectivity index (χ0v) is 12.2. The van der Waals surface area contributed by atoms with E-state index in [1.54, 1.807) is 0 Å². The van der Waals surface area contributed by atoms with Gasteiger partial charge in [0.05, 0.1) is 6.04 Å². The average molecular weight is 266 g/mol. The van der Waals surface area contributed by atoms with Crippen LogP contribution >= 0.6 is 11.8 Å². The summed E-state index contributed by atoms with van der Waals surface area (Å²) in [4.78, 5) is 11.7. The summed E-state index contributed by atoms with van der Waals surface area (Å²) in [6, 6.07) is 2.53. The van der Waals surface area contributed by atoms with Gasteiger partial charge in [0.25, 0.3) is 0 Å². The zero-order chi connectivity index (χ0) is 13.1. The summed E-state index contributed by atoms with van der Waals surface area (Å²) >= 11 is 1.98. The molecule has 5 heteroatoms. The number of hydrogen-bond acceptors (Lipinski definition) is 5. The summed E-state index contributed by atoms with van der Waals surface area (Å²) in [5.41, 5.74) is 7.96. The molecule has 0 aliphatic carbocycles. The molecule has 2 heterocycles. The van der Waals surface area contributed by atoms with Crippen LogP contribution in [0.25, 0.3) is 0 Å². The molecule has 2 N–H and O–H groups in total. The van der Waals surface area contributed by atoms with Crippen molar-refractivity contribution in [2.24, 2.45) is 5.73 Å². The van der Waals surface area contributed by atoms with Gasteiger partial charge in [0.1, 0.15) is 5.82 Å². The van der Waals surface area contributed by atoms with E-state index in [4.69, 9.17) is 10.7 Å². The normalized spacial score (nSPS) is 23.0. The largest absolute Gasteiger partial charge is 0.328 e. The van der Waals surface area contributed by atoms with Crippen LogP contribution in [-0.4, -0.2) is 46.0 Å². The van der Waals surface area contributed by atoms with Crippen molar-refractivity contribution in [1.29, 1.82) is 0 Å². The van der Waals surface area contributed by atoms with Crippen molar-refractivity contribution < 1.29 is 0 Å². The molecule has 1 aliphatic heterocycles. The van der Waals surface area contributed by atoms with Gasteiger partial charge in [0.2, 0.25) is 0 Å². The van der Waals surface area contributed by atoms with Crippen LogP contribution in [0.5, 0.6) is 0 Å². The van der Waals surface area contributed by atoms with Crippen molar-refractivity contribution in [3.8, 4) is 0 Å². The van der Waals surface area contributed by atoms with Crippen LogP contribution in [0.2, 0.25) is 0 Å². The smallest absolute Gasteiger partial charge is 0.146 e. The molecule has 0 amide bonds. The Morgan fingerprint density at radius 2 is 2.33 bits per heavy atom. The molecule has 1 aromatic heterocycles. The molecular formula is C13H22N4S. The van der Waals surface area contributed by atoms with Gasteiger partial charge in [-0.3, -0.25) is 4.90 Å². The van der Waals surface area contributed by atoms with Crippen molar-refractivity contribution in [2.75, 3.05) is 25.1 Å². The van der Waals surface area contributed by atoms with E-state index >= 15 is 0 Å². The van der Waals surface area contributed by atoms with Crippen LogP contribution in [0.15, 0.2) is 6.07 Å². The van der Waals surface area contributed by atoms with Gasteiger partial charge < -0.3 is 5.73 Å². The molecule has 1 fully saturated rings. The first kappa shape index (κ1) is 13.8. The highest BCUT2D eigenvalue weighted by Crippen LogP contribution is 2.26. The summed E-state index contributed by atoms with van der Waals surface area (Å²) in [5.74, 6) is 3.24. The van der Waals surface area contributed by atoms with Gasteiger partial charge in [-0.25, -0.2) is 9.97 Å². The van der Waals surface area contributed by atoms with E-state index in [1.807, 2.05) is 31.7 Å². The fraction of sp³-hybridized carbons (Fsp3) is 0.692. The monoisotopic (exact) mass is 266 g/mol. The SMILES string of the molecule is Cc1cc(CC(C)N)nc(C2CSCCN2C)n1. The molecule has 2 rings (SSSR count). The molecule has 18 heavy (non-hydrogen) atoms. The lowest BCUT2D eigenvalue weighted by atomic mass is 10.1. The quantitative estimate of drug-likeness (QED) is 0.896. The van der Waals surface area contributed by atoms with Crippen molar-refractivity contribution in [3.05, 3.63) is 23.3 Å². The second-order valence-electron chi connectivity index (χ2n) is 5.11. The van der Waals surface area contributed by atoms with E-state index in [0.717, 1.165) is 35.9 Å². The Kier molecular flexibility index (Phi) is 4.59. The van der Waals surface area contributed by atoms with Crippen LogP contribution in [0, 0.1) is 6.92 Å². The number of rotatable bonds is 3. The average Bonchev–Trinajstić information content (AvgIpc) is 2.27. The molecular weight excluding hydrogens is 244 g/mol. The first-order chi connectivity index (χ1) is 8.56. The summed E-state index contributed by atoms with van der Waals surface area (Å²) in [6.07, 6.45) is 0.819. The molecule has 4 nitrogen and oxygen atoms in total. The fourth-order valence-electron chi connectivity index (χ4n) is 2.20. The predicted octanol–water partition coefficient (Wildman–Crippen LogP) is 1.39. The second kappa shape index (κ2) is 5.99. The van der Waals surface area contributed by atoms with E-state index in [9.17, 15) is 0 Å². The molecule has 0 aromatic carbocycles. The third-order valence-corrected chi connectivity index (χ3v) is 4.17. The summed E-state index contributed by atoms with van der Waals surface area (Å²) in [6.45, 7) is 5.15. The molecule has 1 saturated heterocycles. The molecule has 1 aliphatic rings. The lowest BCUT2D eigenvalue weighted by molar-refractivity contribution is 0.263. The Morgan fingerprint density at radius 3 is 3.00 bits per heavy atom. The highest BCUT2D eigenvalue weighted by Gasteiger charge is 2.24. The summed E-state index contributed by atoms with van der Waals surface area (Å²) in [7, 11) is 2.15. The number of nitrogens with two attached hydrogens (primary N) is 1. The molecule has 0 radical (unpaired) electrons. The van der Waals surface area contributed by atoms with Crippen molar-refractivity contribution in [1.82, 2.24) is 14.9 Å². The lowest BCUT2D eigenvalue weighted by Gasteiger charge is -2.31. The van der Waals surface area contributed by atoms with Crippen LogP contribution < -0.4 is 5.73 Å². The molecule has 2 atom stereocenters. The Morgan fingerprint density at radius 1 is 1.56 bits per heavy atom. The van der Waals surface area contributed by atoms with E-state index < -0.39 is 0 Å². The Balaban J connectivity index is 2.23. The van der Waals surface area contributed by atoms with Crippen LogP contribution in [-0.2, 0) is 6.42 Å². The maximum absolute atomic E-state index is 5.86. The summed E-state index contributed by atoms with van der Waals surface area (Å²) in [5, 5.41) is 0. The number of nitrogens with zero attached hydrogens (tertiary/aromatic N) is 3. The van der Waals surface area contributed by atoms with Crippen LogP contribution in [0.3, 0.4) is 0 Å². The third kappa shape index (κ3) is 3.43. The standard InChI is InChI=1S/C13H22N4S/c1-9(14)6-11-7-10(2)15-13(16-11)12-8-18-5-4-17(12)3/h7,9,12H,4-6,8,14H2,1-3H3. The lowest BCUT2D eigenvalue weighted by Crippen LogP contribution is -2.34. The first-order valence-corrected chi connectivity index (χ1v) is 7.59. The van der Waals surface area contributed by atoms with Gasteiger partial charge in [0, 0.05) is 41.9 Å². The predicted molar refractivity (Wildman–Crippen MR) is 76.8 cm³/mol. The van der Waals surface area contributed by atoms with Gasteiger partial charge >= 0.3 is 0 Å². The highest BCUT2D eigenvalue weighted by atomic mass is 32.2. The van der Waals surface area contributed by atoms with Crippen molar-refractivity contribution >= 4 is 11.8 Å². The third-order valence-electron chi connectivity index (χ3n) is 3.15. The Labute approximate surface area is 113 Å². The highest BCUT2D eigenvalue weighted by molar-refractivity contribution is 7.99. The molecule has 1 aromatic rings. The maximum atomic E-state index is 5.86. The second-order valence-corrected chi connectivity index (χ2v) is 6.26. The van der Waals surface area contributed by atoms with E-state index in [1.165, 1.54) is 5.75 Å². The van der Waals surface area contributed by atoms with Crippen LogP contribution in [0.4, 0.5) is 0 Å². The minimum absolute atomic E-state index is 0.144. The van der Waals surface area contributed by atoms with Gasteiger partial charge in [-0.15, -0.1) is 0 Å². The number of aryl methyl sites for hydroxylation is 1. The molecule has 0 saturated carbocycles. The van der Waals surface area contributed by atoms with Gasteiger partial charge in [-0.2, -0.15) is 11.8 Å². The molecule has 100 valence electrons. The molecule has 2 unspecified atom stereocenters. The molecule has 0 spiro atoms. The van der Waals surface area contributed by atoms with Crippen molar-refractivity contribution in [2.45, 2.75) is 32.4 Å². The maximum Gasteiger partial charge on any atom is 0.146 e. The Bertz CT molecular complexity index is 408. The number of thioether (sulfide) groups is 1. The minimum Gasteiger partial charge on any atom is -0.328 e. The Hall–Kier alpha value is -0.650. The zero-order valence-electron chi connectivity index (χ0n) is 11.4.